The van der Waals surface area contributed by atoms with E-state index >= 15 is 0 Å². The van der Waals surface area contributed by atoms with E-state index < -0.39 is 0 Å². The molecule has 1 aromatic rings. The molecule has 1 aromatic heterocycles. The fraction of sp³-hybridized carbons (Fsp3) is 0.533. The number of ether oxygens (including phenoxy) is 1. The van der Waals surface area contributed by atoms with Crippen molar-refractivity contribution in [3.05, 3.63) is 30.1 Å². The van der Waals surface area contributed by atoms with Gasteiger partial charge in [-0.25, -0.2) is 0 Å². The molecule has 2 rings (SSSR count). The number of rotatable bonds is 4. The predicted octanol–water partition coefficient (Wildman–Crippen LogP) is 1.74. The van der Waals surface area contributed by atoms with E-state index in [9.17, 15) is 9.59 Å². The minimum absolute atomic E-state index is 0.121. The van der Waals surface area contributed by atoms with Gasteiger partial charge in [0.05, 0.1) is 12.5 Å². The zero-order chi connectivity index (χ0) is 14.5. The van der Waals surface area contributed by atoms with Crippen LogP contribution in [0.3, 0.4) is 0 Å². The SMILES string of the molecule is CC(C)COC(=O)C1CCN(C(=O)c2ccccn2)C1. The van der Waals surface area contributed by atoms with E-state index in [1.54, 1.807) is 29.3 Å². The number of amides is 1. The summed E-state index contributed by atoms with van der Waals surface area (Å²) in [7, 11) is 0. The number of likely N-dealkylation sites (tertiary alicyclic amines) is 1. The molecule has 1 atom stereocenters. The van der Waals surface area contributed by atoms with Crippen LogP contribution in [0.15, 0.2) is 24.4 Å². The van der Waals surface area contributed by atoms with Gasteiger partial charge >= 0.3 is 5.97 Å². The van der Waals surface area contributed by atoms with Crippen LogP contribution in [0.4, 0.5) is 0 Å². The largest absolute Gasteiger partial charge is 0.465 e. The minimum atomic E-state index is -0.207. The first-order chi connectivity index (χ1) is 9.58. The normalized spacial score (nSPS) is 18.4. The molecule has 1 saturated heterocycles. The fourth-order valence-corrected chi connectivity index (χ4v) is 2.16. The van der Waals surface area contributed by atoms with Crippen LogP contribution in [0, 0.1) is 11.8 Å². The second-order valence-electron chi connectivity index (χ2n) is 5.48. The van der Waals surface area contributed by atoms with Crippen molar-refractivity contribution in [3.8, 4) is 0 Å². The molecule has 0 aromatic carbocycles. The van der Waals surface area contributed by atoms with Gasteiger partial charge in [-0.3, -0.25) is 14.6 Å². The van der Waals surface area contributed by atoms with Crippen LogP contribution in [0.1, 0.15) is 30.8 Å². The minimum Gasteiger partial charge on any atom is -0.465 e. The Balaban J connectivity index is 1.89. The van der Waals surface area contributed by atoms with Gasteiger partial charge in [-0.05, 0) is 24.5 Å². The first-order valence-corrected chi connectivity index (χ1v) is 6.95. The number of esters is 1. The first-order valence-electron chi connectivity index (χ1n) is 6.95. The molecule has 108 valence electrons. The summed E-state index contributed by atoms with van der Waals surface area (Å²) < 4.78 is 5.23. The van der Waals surface area contributed by atoms with Crippen molar-refractivity contribution in [1.29, 1.82) is 0 Å². The average molecular weight is 276 g/mol. The van der Waals surface area contributed by atoms with Gasteiger partial charge in [-0.1, -0.05) is 19.9 Å². The topological polar surface area (TPSA) is 59.5 Å². The van der Waals surface area contributed by atoms with Crippen LogP contribution in [-0.4, -0.2) is 41.5 Å². The van der Waals surface area contributed by atoms with E-state index in [4.69, 9.17) is 4.74 Å². The smallest absolute Gasteiger partial charge is 0.310 e. The molecule has 1 amide bonds. The molecule has 20 heavy (non-hydrogen) atoms. The number of aromatic nitrogens is 1. The van der Waals surface area contributed by atoms with Gasteiger partial charge in [0.2, 0.25) is 0 Å². The Morgan fingerprint density at radius 2 is 2.25 bits per heavy atom. The van der Waals surface area contributed by atoms with Gasteiger partial charge in [-0.2, -0.15) is 0 Å². The van der Waals surface area contributed by atoms with Gasteiger partial charge in [0.15, 0.2) is 0 Å². The Morgan fingerprint density at radius 1 is 1.45 bits per heavy atom. The molecular weight excluding hydrogens is 256 g/mol. The number of hydrogen-bond donors (Lipinski definition) is 0. The van der Waals surface area contributed by atoms with Crippen molar-refractivity contribution >= 4 is 11.9 Å². The van der Waals surface area contributed by atoms with Crippen molar-refractivity contribution in [3.63, 3.8) is 0 Å². The summed E-state index contributed by atoms with van der Waals surface area (Å²) in [6.07, 6.45) is 2.26. The van der Waals surface area contributed by atoms with Gasteiger partial charge in [0.25, 0.3) is 5.91 Å². The van der Waals surface area contributed by atoms with Crippen LogP contribution in [0.2, 0.25) is 0 Å². The predicted molar refractivity (Wildman–Crippen MR) is 74.0 cm³/mol. The van der Waals surface area contributed by atoms with E-state index in [1.165, 1.54) is 0 Å². The molecule has 2 heterocycles. The summed E-state index contributed by atoms with van der Waals surface area (Å²) in [6.45, 7) is 5.43. The summed E-state index contributed by atoms with van der Waals surface area (Å²) >= 11 is 0. The maximum absolute atomic E-state index is 12.2. The lowest BCUT2D eigenvalue weighted by Gasteiger charge is -2.16. The molecule has 0 radical (unpaired) electrons. The molecule has 1 fully saturated rings. The van der Waals surface area contributed by atoms with Crippen molar-refractivity contribution in [2.75, 3.05) is 19.7 Å². The van der Waals surface area contributed by atoms with Gasteiger partial charge in [-0.15, -0.1) is 0 Å². The lowest BCUT2D eigenvalue weighted by atomic mass is 10.1. The second kappa shape index (κ2) is 6.50. The average Bonchev–Trinajstić information content (AvgIpc) is 2.94. The van der Waals surface area contributed by atoms with Gasteiger partial charge in [0, 0.05) is 19.3 Å². The molecule has 0 N–H and O–H groups in total. The Morgan fingerprint density at radius 3 is 2.90 bits per heavy atom. The van der Waals surface area contributed by atoms with E-state index in [-0.39, 0.29) is 17.8 Å². The third kappa shape index (κ3) is 3.56. The third-order valence-electron chi connectivity index (χ3n) is 3.25. The molecule has 0 aliphatic carbocycles. The molecule has 5 nitrogen and oxygen atoms in total. The number of carbonyl (C=O) groups excluding carboxylic acids is 2. The number of hydrogen-bond acceptors (Lipinski definition) is 4. The molecular formula is C15H20N2O3. The Bertz CT molecular complexity index is 473. The zero-order valence-corrected chi connectivity index (χ0v) is 11.9. The highest BCUT2D eigenvalue weighted by Gasteiger charge is 2.32. The maximum atomic E-state index is 12.2. The molecule has 1 aliphatic rings. The van der Waals surface area contributed by atoms with Crippen LogP contribution >= 0.6 is 0 Å². The zero-order valence-electron chi connectivity index (χ0n) is 11.9. The Hall–Kier alpha value is -1.91. The van der Waals surface area contributed by atoms with Gasteiger partial charge < -0.3 is 9.64 Å². The summed E-state index contributed by atoms with van der Waals surface area (Å²) in [5, 5.41) is 0. The second-order valence-corrected chi connectivity index (χ2v) is 5.48. The number of pyridine rings is 1. The van der Waals surface area contributed by atoms with E-state index in [2.05, 4.69) is 4.98 Å². The standard InChI is InChI=1S/C15H20N2O3/c1-11(2)10-20-15(19)12-6-8-17(9-12)14(18)13-5-3-4-7-16-13/h3-5,7,11-12H,6,8-10H2,1-2H3. The van der Waals surface area contributed by atoms with Crippen LogP contribution in [0.5, 0.6) is 0 Å². The lowest BCUT2D eigenvalue weighted by Crippen LogP contribution is -2.31. The van der Waals surface area contributed by atoms with Crippen molar-refractivity contribution in [2.45, 2.75) is 20.3 Å². The molecule has 0 spiro atoms. The summed E-state index contributed by atoms with van der Waals surface area (Å²) in [4.78, 5) is 29.8. The van der Waals surface area contributed by atoms with E-state index in [1.807, 2.05) is 13.8 Å². The number of carbonyl (C=O) groups is 2. The van der Waals surface area contributed by atoms with Gasteiger partial charge in [0.1, 0.15) is 5.69 Å². The first kappa shape index (κ1) is 14.5. The highest BCUT2D eigenvalue weighted by Crippen LogP contribution is 2.19. The highest BCUT2D eigenvalue weighted by atomic mass is 16.5. The third-order valence-corrected chi connectivity index (χ3v) is 3.25. The molecule has 5 heteroatoms. The monoisotopic (exact) mass is 276 g/mol. The van der Waals surface area contributed by atoms with Crippen molar-refractivity contribution in [2.24, 2.45) is 11.8 Å². The van der Waals surface area contributed by atoms with Crippen LogP contribution in [-0.2, 0) is 9.53 Å². The lowest BCUT2D eigenvalue weighted by molar-refractivity contribution is -0.149. The fourth-order valence-electron chi connectivity index (χ4n) is 2.16. The molecule has 0 bridgehead atoms. The highest BCUT2D eigenvalue weighted by molar-refractivity contribution is 5.92. The van der Waals surface area contributed by atoms with Crippen molar-refractivity contribution in [1.82, 2.24) is 9.88 Å². The molecule has 1 aliphatic heterocycles. The summed E-state index contributed by atoms with van der Waals surface area (Å²) in [6, 6.07) is 5.24. The van der Waals surface area contributed by atoms with Crippen LogP contribution in [0.25, 0.3) is 0 Å². The number of nitrogens with zero attached hydrogens (tertiary/aromatic N) is 2. The quantitative estimate of drug-likeness (QED) is 0.786. The Labute approximate surface area is 118 Å². The molecule has 0 saturated carbocycles. The van der Waals surface area contributed by atoms with Crippen LogP contribution < -0.4 is 0 Å². The van der Waals surface area contributed by atoms with Crippen molar-refractivity contribution < 1.29 is 14.3 Å². The summed E-state index contributed by atoms with van der Waals surface area (Å²) in [5.41, 5.74) is 0.420. The Kier molecular flexibility index (Phi) is 4.71. The summed E-state index contributed by atoms with van der Waals surface area (Å²) in [5.74, 6) is -0.201. The molecule has 1 unspecified atom stereocenters. The van der Waals surface area contributed by atoms with E-state index in [0.717, 1.165) is 0 Å². The van der Waals surface area contributed by atoms with E-state index in [0.29, 0.717) is 37.7 Å². The maximum Gasteiger partial charge on any atom is 0.310 e.